The number of halogens is 1. The fourth-order valence-corrected chi connectivity index (χ4v) is 3.84. The Labute approximate surface area is 99.2 Å². The Morgan fingerprint density at radius 1 is 1.50 bits per heavy atom. The van der Waals surface area contributed by atoms with Crippen molar-refractivity contribution in [3.05, 3.63) is 16.5 Å². The zero-order valence-corrected chi connectivity index (χ0v) is 11.1. The molecule has 4 heteroatoms. The highest BCUT2D eigenvalue weighted by atomic mass is 35.5. The molecule has 1 unspecified atom stereocenters. The number of thioether (sulfide) groups is 1. The van der Waals surface area contributed by atoms with Gasteiger partial charge in [0.2, 0.25) is 0 Å². The van der Waals surface area contributed by atoms with Crippen LogP contribution in [0.25, 0.3) is 0 Å². The summed E-state index contributed by atoms with van der Waals surface area (Å²) in [6.45, 7) is 5.55. The van der Waals surface area contributed by atoms with Crippen LogP contribution in [0, 0.1) is 5.92 Å². The third-order valence-corrected chi connectivity index (χ3v) is 4.91. The zero-order valence-electron chi connectivity index (χ0n) is 8.71. The van der Waals surface area contributed by atoms with E-state index in [9.17, 15) is 0 Å². The van der Waals surface area contributed by atoms with Gasteiger partial charge in [0.1, 0.15) is 0 Å². The van der Waals surface area contributed by atoms with E-state index < -0.39 is 0 Å². The predicted octanol–water partition coefficient (Wildman–Crippen LogP) is 3.74. The van der Waals surface area contributed by atoms with Gasteiger partial charge in [-0.05, 0) is 25.1 Å². The fourth-order valence-electron chi connectivity index (χ4n) is 1.12. The van der Waals surface area contributed by atoms with Gasteiger partial charge in [-0.25, -0.2) is 0 Å². The van der Waals surface area contributed by atoms with E-state index in [0.29, 0.717) is 11.2 Å². The molecule has 0 spiro atoms. The van der Waals surface area contributed by atoms with Gasteiger partial charge in [0, 0.05) is 11.8 Å². The number of nitrogens with one attached hydrogen (secondary N) is 1. The zero-order chi connectivity index (χ0) is 10.6. The highest BCUT2D eigenvalue weighted by Crippen LogP contribution is 2.35. The highest BCUT2D eigenvalue weighted by molar-refractivity contribution is 8.01. The highest BCUT2D eigenvalue weighted by Gasteiger charge is 2.14. The molecule has 0 amide bonds. The number of hydrogen-bond acceptors (Lipinski definition) is 3. The topological polar surface area (TPSA) is 12.0 Å². The van der Waals surface area contributed by atoms with E-state index in [4.69, 9.17) is 11.6 Å². The molecular weight excluding hydrogens is 234 g/mol. The van der Waals surface area contributed by atoms with Crippen molar-refractivity contribution >= 4 is 34.7 Å². The van der Waals surface area contributed by atoms with Crippen molar-refractivity contribution in [2.24, 2.45) is 5.92 Å². The summed E-state index contributed by atoms with van der Waals surface area (Å²) in [5.74, 6) is 0.674. The molecule has 0 saturated heterocycles. The van der Waals surface area contributed by atoms with Crippen LogP contribution in [0.1, 0.15) is 13.8 Å². The molecule has 1 nitrogen and oxygen atoms in total. The second kappa shape index (κ2) is 6.01. The largest absolute Gasteiger partial charge is 0.319 e. The lowest BCUT2D eigenvalue weighted by Crippen LogP contribution is -2.25. The smallest absolute Gasteiger partial charge is 0.0940 e. The van der Waals surface area contributed by atoms with Crippen molar-refractivity contribution in [1.82, 2.24) is 5.32 Å². The molecule has 0 bridgehead atoms. The Bertz CT molecular complexity index is 273. The molecular formula is C10H16ClNS2. The van der Waals surface area contributed by atoms with Crippen LogP contribution in [0.3, 0.4) is 0 Å². The van der Waals surface area contributed by atoms with Gasteiger partial charge in [0.05, 0.1) is 8.55 Å². The summed E-state index contributed by atoms with van der Waals surface area (Å²) in [5.41, 5.74) is 0. The number of hydrogen-bond donors (Lipinski definition) is 1. The molecule has 1 aromatic rings. The first-order valence-corrected chi connectivity index (χ1v) is 6.77. The Balaban J connectivity index is 2.55. The second-order valence-electron chi connectivity index (χ2n) is 3.52. The second-order valence-corrected chi connectivity index (χ2v) is 6.77. The summed E-state index contributed by atoms with van der Waals surface area (Å²) in [4.78, 5) is 0. The van der Waals surface area contributed by atoms with E-state index in [1.54, 1.807) is 11.3 Å². The summed E-state index contributed by atoms with van der Waals surface area (Å²) in [7, 11) is 2.00. The Morgan fingerprint density at radius 2 is 2.21 bits per heavy atom. The standard InChI is InChI=1S/C10H16ClNS2/c1-7(2)8(6-12-3)13-10-5-4-9(11)14-10/h4-5,7-8,12H,6H2,1-3H3. The third-order valence-electron chi connectivity index (χ3n) is 1.96. The summed E-state index contributed by atoms with van der Waals surface area (Å²) >= 11 is 9.46. The van der Waals surface area contributed by atoms with Gasteiger partial charge >= 0.3 is 0 Å². The molecule has 1 heterocycles. The SMILES string of the molecule is CNCC(Sc1ccc(Cl)s1)C(C)C. The molecule has 0 radical (unpaired) electrons. The van der Waals surface area contributed by atoms with E-state index in [2.05, 4.69) is 25.2 Å². The normalized spacial score (nSPS) is 13.5. The molecule has 0 aliphatic rings. The molecule has 0 fully saturated rings. The quantitative estimate of drug-likeness (QED) is 0.798. The van der Waals surface area contributed by atoms with Crippen molar-refractivity contribution in [3.63, 3.8) is 0 Å². The average molecular weight is 250 g/mol. The Morgan fingerprint density at radius 3 is 2.64 bits per heavy atom. The molecule has 0 aliphatic heterocycles. The van der Waals surface area contributed by atoms with Crippen LogP contribution >= 0.6 is 34.7 Å². The van der Waals surface area contributed by atoms with Crippen LogP contribution in [0.2, 0.25) is 4.34 Å². The van der Waals surface area contributed by atoms with E-state index in [1.807, 2.05) is 24.9 Å². The number of rotatable bonds is 5. The van der Waals surface area contributed by atoms with Gasteiger partial charge < -0.3 is 5.32 Å². The fraction of sp³-hybridized carbons (Fsp3) is 0.600. The first-order chi connectivity index (χ1) is 6.63. The minimum absolute atomic E-state index is 0.620. The number of thiophene rings is 1. The van der Waals surface area contributed by atoms with Gasteiger partial charge in [-0.1, -0.05) is 25.4 Å². The van der Waals surface area contributed by atoms with Gasteiger partial charge in [-0.3, -0.25) is 0 Å². The molecule has 1 N–H and O–H groups in total. The van der Waals surface area contributed by atoms with Crippen molar-refractivity contribution in [2.75, 3.05) is 13.6 Å². The minimum atomic E-state index is 0.620. The van der Waals surface area contributed by atoms with Crippen molar-refractivity contribution in [2.45, 2.75) is 23.3 Å². The summed E-state index contributed by atoms with van der Waals surface area (Å²) in [6.07, 6.45) is 0. The average Bonchev–Trinajstić information content (AvgIpc) is 2.50. The van der Waals surface area contributed by atoms with Crippen molar-refractivity contribution in [1.29, 1.82) is 0 Å². The first kappa shape index (κ1) is 12.4. The molecule has 0 aromatic carbocycles. The van der Waals surface area contributed by atoms with Crippen LogP contribution in [-0.2, 0) is 0 Å². The maximum Gasteiger partial charge on any atom is 0.0940 e. The lowest BCUT2D eigenvalue weighted by molar-refractivity contribution is 0.579. The monoisotopic (exact) mass is 249 g/mol. The lowest BCUT2D eigenvalue weighted by Gasteiger charge is -2.18. The third kappa shape index (κ3) is 3.81. The van der Waals surface area contributed by atoms with Crippen molar-refractivity contribution < 1.29 is 0 Å². The summed E-state index contributed by atoms with van der Waals surface area (Å²) in [6, 6.07) is 4.06. The molecule has 14 heavy (non-hydrogen) atoms. The molecule has 0 saturated carbocycles. The van der Waals surface area contributed by atoms with Gasteiger partial charge in [-0.2, -0.15) is 0 Å². The van der Waals surface area contributed by atoms with E-state index in [1.165, 1.54) is 4.21 Å². The Hall–Kier alpha value is 0.300. The van der Waals surface area contributed by atoms with Gasteiger partial charge in [-0.15, -0.1) is 23.1 Å². The van der Waals surface area contributed by atoms with Crippen LogP contribution in [0.5, 0.6) is 0 Å². The van der Waals surface area contributed by atoms with Crippen LogP contribution in [-0.4, -0.2) is 18.8 Å². The first-order valence-electron chi connectivity index (χ1n) is 4.70. The van der Waals surface area contributed by atoms with Crippen LogP contribution in [0.4, 0.5) is 0 Å². The molecule has 0 aliphatic carbocycles. The molecule has 1 atom stereocenters. The maximum absolute atomic E-state index is 5.89. The van der Waals surface area contributed by atoms with Crippen molar-refractivity contribution in [3.8, 4) is 0 Å². The van der Waals surface area contributed by atoms with Gasteiger partial charge in [0.25, 0.3) is 0 Å². The van der Waals surface area contributed by atoms with Gasteiger partial charge in [0.15, 0.2) is 0 Å². The van der Waals surface area contributed by atoms with Crippen LogP contribution in [0.15, 0.2) is 16.3 Å². The Kier molecular flexibility index (Phi) is 5.31. The molecule has 80 valence electrons. The molecule has 1 rings (SSSR count). The summed E-state index contributed by atoms with van der Waals surface area (Å²) < 4.78 is 2.18. The van der Waals surface area contributed by atoms with E-state index >= 15 is 0 Å². The molecule has 1 aromatic heterocycles. The lowest BCUT2D eigenvalue weighted by atomic mass is 10.1. The van der Waals surface area contributed by atoms with Crippen LogP contribution < -0.4 is 5.32 Å². The minimum Gasteiger partial charge on any atom is -0.319 e. The summed E-state index contributed by atoms with van der Waals surface area (Å²) in [5, 5.41) is 3.85. The maximum atomic E-state index is 5.89. The van der Waals surface area contributed by atoms with E-state index in [-0.39, 0.29) is 0 Å². The van der Waals surface area contributed by atoms with E-state index in [0.717, 1.165) is 10.9 Å². The predicted molar refractivity (Wildman–Crippen MR) is 67.7 cm³/mol.